The molecule has 0 radical (unpaired) electrons. The van der Waals surface area contributed by atoms with Crippen molar-refractivity contribution in [2.75, 3.05) is 27.3 Å². The molecule has 1 amide bonds. The fraction of sp³-hybridized carbons (Fsp3) is 0.562. The summed E-state index contributed by atoms with van der Waals surface area (Å²) < 4.78 is 10.5. The van der Waals surface area contributed by atoms with Gasteiger partial charge in [-0.2, -0.15) is 0 Å². The fourth-order valence-corrected chi connectivity index (χ4v) is 2.67. The van der Waals surface area contributed by atoms with E-state index < -0.39 is 0 Å². The number of piperidine rings is 1. The van der Waals surface area contributed by atoms with Crippen LogP contribution in [0.25, 0.3) is 0 Å². The Hall–Kier alpha value is -1.75. The molecule has 1 aromatic carbocycles. The lowest BCUT2D eigenvalue weighted by atomic mass is 9.94. The molecule has 0 saturated carbocycles. The van der Waals surface area contributed by atoms with Crippen LogP contribution in [0.5, 0.6) is 11.5 Å². The Labute approximate surface area is 126 Å². The summed E-state index contributed by atoms with van der Waals surface area (Å²) in [7, 11) is 3.19. The van der Waals surface area contributed by atoms with E-state index in [1.807, 2.05) is 23.1 Å². The van der Waals surface area contributed by atoms with Gasteiger partial charge >= 0.3 is 0 Å². The molecule has 2 rings (SSSR count). The van der Waals surface area contributed by atoms with Gasteiger partial charge in [-0.05, 0) is 30.0 Å². The molecule has 0 aromatic heterocycles. The van der Waals surface area contributed by atoms with E-state index in [9.17, 15) is 4.79 Å². The highest BCUT2D eigenvalue weighted by Crippen LogP contribution is 2.28. The number of hydrogen-bond donors (Lipinski definition) is 1. The van der Waals surface area contributed by atoms with E-state index in [2.05, 4.69) is 6.92 Å². The third-order valence-corrected chi connectivity index (χ3v) is 4.13. The predicted molar refractivity (Wildman–Crippen MR) is 81.6 cm³/mol. The van der Waals surface area contributed by atoms with Crippen molar-refractivity contribution in [3.05, 3.63) is 23.8 Å². The van der Waals surface area contributed by atoms with Crippen LogP contribution >= 0.6 is 0 Å². The van der Waals surface area contributed by atoms with Gasteiger partial charge in [0.15, 0.2) is 11.5 Å². The summed E-state index contributed by atoms with van der Waals surface area (Å²) in [5.74, 6) is 1.82. The van der Waals surface area contributed by atoms with Crippen LogP contribution in [0.1, 0.15) is 18.9 Å². The van der Waals surface area contributed by atoms with E-state index >= 15 is 0 Å². The van der Waals surface area contributed by atoms with E-state index in [4.69, 9.17) is 15.2 Å². The molecule has 21 heavy (non-hydrogen) atoms. The van der Waals surface area contributed by atoms with Gasteiger partial charge in [0, 0.05) is 19.1 Å². The molecule has 1 heterocycles. The van der Waals surface area contributed by atoms with Crippen molar-refractivity contribution < 1.29 is 14.3 Å². The quantitative estimate of drug-likeness (QED) is 0.912. The summed E-state index contributed by atoms with van der Waals surface area (Å²) in [6.07, 6.45) is 1.25. The van der Waals surface area contributed by atoms with Crippen molar-refractivity contribution in [1.29, 1.82) is 0 Å². The fourth-order valence-electron chi connectivity index (χ4n) is 2.67. The molecular formula is C16H24N2O3. The third-order valence-electron chi connectivity index (χ3n) is 4.13. The van der Waals surface area contributed by atoms with E-state index in [0.29, 0.717) is 23.8 Å². The summed E-state index contributed by atoms with van der Waals surface area (Å²) in [5.41, 5.74) is 6.93. The van der Waals surface area contributed by atoms with Crippen LogP contribution in [0.3, 0.4) is 0 Å². The molecule has 1 saturated heterocycles. The van der Waals surface area contributed by atoms with Crippen LogP contribution in [0.4, 0.5) is 0 Å². The van der Waals surface area contributed by atoms with Gasteiger partial charge < -0.3 is 20.1 Å². The standard InChI is InChI=1S/C16H24N2O3/c1-11-10-18(7-6-13(11)17)16(19)9-12-4-5-14(20-2)15(8-12)21-3/h4-5,8,11,13H,6-7,9-10,17H2,1-3H3. The molecule has 1 aromatic rings. The van der Waals surface area contributed by atoms with Crippen molar-refractivity contribution in [3.8, 4) is 11.5 Å². The predicted octanol–water partition coefficient (Wildman–Crippen LogP) is 1.44. The van der Waals surface area contributed by atoms with Crippen LogP contribution in [-0.2, 0) is 11.2 Å². The average Bonchev–Trinajstić information content (AvgIpc) is 2.49. The molecule has 0 aliphatic carbocycles. The molecule has 2 N–H and O–H groups in total. The molecule has 116 valence electrons. The Morgan fingerprint density at radius 1 is 1.33 bits per heavy atom. The zero-order valence-electron chi connectivity index (χ0n) is 13.0. The smallest absolute Gasteiger partial charge is 0.227 e. The van der Waals surface area contributed by atoms with E-state index in [1.165, 1.54) is 0 Å². The highest BCUT2D eigenvalue weighted by molar-refractivity contribution is 5.79. The van der Waals surface area contributed by atoms with Crippen LogP contribution in [-0.4, -0.2) is 44.2 Å². The van der Waals surface area contributed by atoms with Crippen LogP contribution < -0.4 is 15.2 Å². The van der Waals surface area contributed by atoms with Crippen molar-refractivity contribution in [3.63, 3.8) is 0 Å². The maximum atomic E-state index is 12.4. The summed E-state index contributed by atoms with van der Waals surface area (Å²) in [4.78, 5) is 14.3. The van der Waals surface area contributed by atoms with Crippen LogP contribution in [0.2, 0.25) is 0 Å². The monoisotopic (exact) mass is 292 g/mol. The lowest BCUT2D eigenvalue weighted by Crippen LogP contribution is -2.48. The number of carbonyl (C=O) groups is 1. The molecule has 2 atom stereocenters. The SMILES string of the molecule is COc1ccc(CC(=O)N2CCC(N)C(C)C2)cc1OC. The lowest BCUT2D eigenvalue weighted by molar-refractivity contribution is -0.132. The molecule has 5 nitrogen and oxygen atoms in total. The maximum absolute atomic E-state index is 12.4. The van der Waals surface area contributed by atoms with E-state index in [-0.39, 0.29) is 11.9 Å². The lowest BCUT2D eigenvalue weighted by Gasteiger charge is -2.35. The second-order valence-corrected chi connectivity index (χ2v) is 5.64. The molecule has 1 aliphatic rings. The number of methoxy groups -OCH3 is 2. The topological polar surface area (TPSA) is 64.8 Å². The normalized spacial score (nSPS) is 22.0. The Morgan fingerprint density at radius 3 is 2.67 bits per heavy atom. The van der Waals surface area contributed by atoms with Gasteiger partial charge in [-0.3, -0.25) is 4.79 Å². The molecule has 0 spiro atoms. The Bertz CT molecular complexity index is 504. The van der Waals surface area contributed by atoms with Gasteiger partial charge in [-0.15, -0.1) is 0 Å². The number of amides is 1. The second-order valence-electron chi connectivity index (χ2n) is 5.64. The first kappa shape index (κ1) is 15.6. The minimum absolute atomic E-state index is 0.140. The first-order valence-corrected chi connectivity index (χ1v) is 7.29. The minimum atomic E-state index is 0.140. The number of nitrogens with zero attached hydrogens (tertiary/aromatic N) is 1. The number of likely N-dealkylation sites (tertiary alicyclic amines) is 1. The molecule has 2 unspecified atom stereocenters. The first-order valence-electron chi connectivity index (χ1n) is 7.29. The van der Waals surface area contributed by atoms with Gasteiger partial charge in [-0.1, -0.05) is 13.0 Å². The number of hydrogen-bond acceptors (Lipinski definition) is 4. The summed E-state index contributed by atoms with van der Waals surface area (Å²) in [6.45, 7) is 3.59. The van der Waals surface area contributed by atoms with Crippen molar-refractivity contribution in [1.82, 2.24) is 4.90 Å². The van der Waals surface area contributed by atoms with E-state index in [0.717, 1.165) is 25.1 Å². The zero-order chi connectivity index (χ0) is 15.4. The summed E-state index contributed by atoms with van der Waals surface area (Å²) in [5, 5.41) is 0. The van der Waals surface area contributed by atoms with Crippen molar-refractivity contribution in [2.24, 2.45) is 11.7 Å². The van der Waals surface area contributed by atoms with Crippen molar-refractivity contribution in [2.45, 2.75) is 25.8 Å². The summed E-state index contributed by atoms with van der Waals surface area (Å²) >= 11 is 0. The van der Waals surface area contributed by atoms with E-state index in [1.54, 1.807) is 14.2 Å². The largest absolute Gasteiger partial charge is 0.493 e. The van der Waals surface area contributed by atoms with Gasteiger partial charge in [0.05, 0.1) is 20.6 Å². The average molecular weight is 292 g/mol. The van der Waals surface area contributed by atoms with Gasteiger partial charge in [-0.25, -0.2) is 0 Å². The third kappa shape index (κ3) is 3.67. The van der Waals surface area contributed by atoms with Gasteiger partial charge in [0.2, 0.25) is 5.91 Å². The van der Waals surface area contributed by atoms with Crippen molar-refractivity contribution >= 4 is 5.91 Å². The highest BCUT2D eigenvalue weighted by Gasteiger charge is 2.26. The Morgan fingerprint density at radius 2 is 2.05 bits per heavy atom. The number of rotatable bonds is 4. The summed E-state index contributed by atoms with van der Waals surface area (Å²) in [6, 6.07) is 5.79. The Kier molecular flexibility index (Phi) is 5.07. The zero-order valence-corrected chi connectivity index (χ0v) is 13.0. The van der Waals surface area contributed by atoms with Crippen LogP contribution in [0.15, 0.2) is 18.2 Å². The number of nitrogens with two attached hydrogens (primary N) is 1. The second kappa shape index (κ2) is 6.80. The number of ether oxygens (including phenoxy) is 2. The highest BCUT2D eigenvalue weighted by atomic mass is 16.5. The molecule has 1 fully saturated rings. The molecule has 5 heteroatoms. The molecular weight excluding hydrogens is 268 g/mol. The van der Waals surface area contributed by atoms with Gasteiger partial charge in [0.25, 0.3) is 0 Å². The molecule has 1 aliphatic heterocycles. The maximum Gasteiger partial charge on any atom is 0.227 e. The number of carbonyl (C=O) groups excluding carboxylic acids is 1. The Balaban J connectivity index is 2.02. The minimum Gasteiger partial charge on any atom is -0.493 e. The van der Waals surface area contributed by atoms with Crippen LogP contribution in [0, 0.1) is 5.92 Å². The first-order chi connectivity index (χ1) is 10.0. The number of benzene rings is 1. The van der Waals surface area contributed by atoms with Gasteiger partial charge in [0.1, 0.15) is 0 Å². The molecule has 0 bridgehead atoms.